The summed E-state index contributed by atoms with van der Waals surface area (Å²) in [6, 6.07) is 0.567. The fraction of sp³-hybridized carbons (Fsp3) is 0.750. The maximum absolute atomic E-state index is 2.46. The molecule has 17 heavy (non-hydrogen) atoms. The van der Waals surface area contributed by atoms with Gasteiger partial charge in [-0.2, -0.15) is 0 Å². The summed E-state index contributed by atoms with van der Waals surface area (Å²) < 4.78 is 0. The molecule has 0 aromatic heterocycles. The van der Waals surface area contributed by atoms with Crippen LogP contribution in [0.1, 0.15) is 53.9 Å². The van der Waals surface area contributed by atoms with Crippen molar-refractivity contribution in [2.75, 3.05) is 7.05 Å². The lowest BCUT2D eigenvalue weighted by Gasteiger charge is -2.38. The monoisotopic (exact) mass is 235 g/mol. The first kappa shape index (κ1) is 14.5. The molecule has 0 radical (unpaired) electrons. The van der Waals surface area contributed by atoms with E-state index in [9.17, 15) is 0 Å². The highest BCUT2D eigenvalue weighted by Crippen LogP contribution is 2.24. The number of likely N-dealkylation sites (N-methyl/N-ethyl adjacent to an activating group) is 1. The number of nitrogens with zero attached hydrogens (tertiary/aromatic N) is 1. The van der Waals surface area contributed by atoms with Crippen molar-refractivity contribution < 1.29 is 0 Å². The highest BCUT2D eigenvalue weighted by molar-refractivity contribution is 5.25. The second-order valence-electron chi connectivity index (χ2n) is 6.66. The van der Waals surface area contributed by atoms with Gasteiger partial charge in [-0.15, -0.1) is 0 Å². The van der Waals surface area contributed by atoms with Crippen molar-refractivity contribution in [2.45, 2.75) is 65.5 Å². The molecule has 0 bridgehead atoms. The molecule has 98 valence electrons. The van der Waals surface area contributed by atoms with Crippen molar-refractivity contribution in [3.8, 4) is 0 Å². The van der Waals surface area contributed by atoms with E-state index in [1.54, 1.807) is 0 Å². The van der Waals surface area contributed by atoms with Gasteiger partial charge in [-0.3, -0.25) is 4.90 Å². The summed E-state index contributed by atoms with van der Waals surface area (Å²) in [5.41, 5.74) is 1.77. The van der Waals surface area contributed by atoms with Gasteiger partial charge < -0.3 is 0 Å². The lowest BCUT2D eigenvalue weighted by Crippen LogP contribution is -2.44. The lowest BCUT2D eigenvalue weighted by atomic mass is 9.94. The maximum atomic E-state index is 2.46. The first-order chi connectivity index (χ1) is 7.80. The first-order valence-electron chi connectivity index (χ1n) is 6.91. The molecule has 0 fully saturated rings. The Balaban J connectivity index is 2.48. The van der Waals surface area contributed by atoms with Crippen LogP contribution in [0.5, 0.6) is 0 Å². The molecule has 1 aliphatic rings. The van der Waals surface area contributed by atoms with E-state index in [4.69, 9.17) is 0 Å². The van der Waals surface area contributed by atoms with Crippen LogP contribution in [0.2, 0.25) is 0 Å². The molecule has 0 aromatic rings. The third-order valence-corrected chi connectivity index (χ3v) is 3.72. The van der Waals surface area contributed by atoms with Gasteiger partial charge in [0.25, 0.3) is 0 Å². The van der Waals surface area contributed by atoms with Gasteiger partial charge in [0.2, 0.25) is 0 Å². The van der Waals surface area contributed by atoms with Gasteiger partial charge in [-0.05, 0) is 53.0 Å². The molecule has 1 aliphatic carbocycles. The molecule has 0 spiro atoms. The Morgan fingerprint density at radius 2 is 2.00 bits per heavy atom. The van der Waals surface area contributed by atoms with Crippen LogP contribution >= 0.6 is 0 Å². The second-order valence-corrected chi connectivity index (χ2v) is 6.66. The SMILES string of the molecule is CC(C)CCC1=CCC(N(C)C(C)(C)C)C=C1. The normalized spacial score (nSPS) is 21.2. The van der Waals surface area contributed by atoms with Crippen LogP contribution in [0.15, 0.2) is 23.8 Å². The fourth-order valence-electron chi connectivity index (χ4n) is 2.08. The number of hydrogen-bond donors (Lipinski definition) is 0. The van der Waals surface area contributed by atoms with Crippen molar-refractivity contribution in [3.63, 3.8) is 0 Å². The topological polar surface area (TPSA) is 3.24 Å². The predicted octanol–water partition coefficient (Wildman–Crippen LogP) is 4.41. The van der Waals surface area contributed by atoms with E-state index in [1.165, 1.54) is 18.4 Å². The van der Waals surface area contributed by atoms with Gasteiger partial charge in [-0.1, -0.05) is 37.6 Å². The van der Waals surface area contributed by atoms with Gasteiger partial charge in [0.15, 0.2) is 0 Å². The van der Waals surface area contributed by atoms with Crippen LogP contribution in [0.3, 0.4) is 0 Å². The largest absolute Gasteiger partial charge is 0.295 e. The molecule has 1 rings (SSSR count). The molecule has 0 saturated heterocycles. The van der Waals surface area contributed by atoms with E-state index in [0.29, 0.717) is 6.04 Å². The van der Waals surface area contributed by atoms with Crippen molar-refractivity contribution in [3.05, 3.63) is 23.8 Å². The predicted molar refractivity (Wildman–Crippen MR) is 77.2 cm³/mol. The summed E-state index contributed by atoms with van der Waals surface area (Å²) in [5.74, 6) is 0.805. The lowest BCUT2D eigenvalue weighted by molar-refractivity contribution is 0.141. The summed E-state index contributed by atoms with van der Waals surface area (Å²) in [6.07, 6.45) is 10.8. The van der Waals surface area contributed by atoms with E-state index in [2.05, 4.69) is 64.8 Å². The van der Waals surface area contributed by atoms with E-state index in [0.717, 1.165) is 12.3 Å². The van der Waals surface area contributed by atoms with E-state index >= 15 is 0 Å². The molecule has 0 aliphatic heterocycles. The van der Waals surface area contributed by atoms with Crippen molar-refractivity contribution >= 4 is 0 Å². The summed E-state index contributed by atoms with van der Waals surface area (Å²) in [5, 5.41) is 0. The summed E-state index contributed by atoms with van der Waals surface area (Å²) >= 11 is 0. The zero-order valence-corrected chi connectivity index (χ0v) is 12.5. The van der Waals surface area contributed by atoms with E-state index < -0.39 is 0 Å². The fourth-order valence-corrected chi connectivity index (χ4v) is 2.08. The smallest absolute Gasteiger partial charge is 0.0318 e. The van der Waals surface area contributed by atoms with E-state index in [1.807, 2.05) is 0 Å². The van der Waals surface area contributed by atoms with Gasteiger partial charge in [0.1, 0.15) is 0 Å². The van der Waals surface area contributed by atoms with Crippen molar-refractivity contribution in [1.29, 1.82) is 0 Å². The summed E-state index contributed by atoms with van der Waals surface area (Å²) in [7, 11) is 2.22. The molecule has 0 saturated carbocycles. The van der Waals surface area contributed by atoms with Crippen LogP contribution in [0, 0.1) is 5.92 Å². The Bertz CT molecular complexity index is 291. The summed E-state index contributed by atoms with van der Waals surface area (Å²) in [4.78, 5) is 2.46. The molecule has 0 amide bonds. The molecule has 0 aromatic carbocycles. The number of rotatable bonds is 4. The highest BCUT2D eigenvalue weighted by Gasteiger charge is 2.23. The van der Waals surface area contributed by atoms with Crippen LogP contribution < -0.4 is 0 Å². The quantitative estimate of drug-likeness (QED) is 0.698. The second kappa shape index (κ2) is 5.86. The van der Waals surface area contributed by atoms with Crippen LogP contribution in [0.4, 0.5) is 0 Å². The first-order valence-corrected chi connectivity index (χ1v) is 6.91. The third kappa shape index (κ3) is 4.67. The zero-order valence-electron chi connectivity index (χ0n) is 12.5. The average molecular weight is 235 g/mol. The zero-order chi connectivity index (χ0) is 13.1. The minimum absolute atomic E-state index is 0.248. The van der Waals surface area contributed by atoms with Crippen LogP contribution in [-0.4, -0.2) is 23.5 Å². The third-order valence-electron chi connectivity index (χ3n) is 3.72. The van der Waals surface area contributed by atoms with Gasteiger partial charge in [0, 0.05) is 11.6 Å². The standard InChI is InChI=1S/C16H29N/c1-13(2)7-8-14-9-11-15(12-10-14)17(6)16(3,4)5/h9-11,13,15H,7-8,12H2,1-6H3. The molecule has 1 heteroatoms. The molecular weight excluding hydrogens is 206 g/mol. The maximum Gasteiger partial charge on any atom is 0.0318 e. The Morgan fingerprint density at radius 1 is 1.35 bits per heavy atom. The van der Waals surface area contributed by atoms with Crippen molar-refractivity contribution in [2.24, 2.45) is 5.92 Å². The Kier molecular flexibility index (Phi) is 5.00. The minimum atomic E-state index is 0.248. The molecule has 0 heterocycles. The van der Waals surface area contributed by atoms with Crippen molar-refractivity contribution in [1.82, 2.24) is 4.90 Å². The Labute approximate surface area is 108 Å². The molecule has 1 atom stereocenters. The van der Waals surface area contributed by atoms with Gasteiger partial charge in [-0.25, -0.2) is 0 Å². The highest BCUT2D eigenvalue weighted by atomic mass is 15.2. The van der Waals surface area contributed by atoms with Crippen LogP contribution in [0.25, 0.3) is 0 Å². The minimum Gasteiger partial charge on any atom is -0.295 e. The van der Waals surface area contributed by atoms with Crippen LogP contribution in [-0.2, 0) is 0 Å². The molecular formula is C16H29N. The number of hydrogen-bond acceptors (Lipinski definition) is 1. The Morgan fingerprint density at radius 3 is 2.41 bits per heavy atom. The Hall–Kier alpha value is -0.560. The average Bonchev–Trinajstić information content (AvgIpc) is 2.25. The summed E-state index contributed by atoms with van der Waals surface area (Å²) in [6.45, 7) is 11.4. The molecule has 1 unspecified atom stereocenters. The van der Waals surface area contributed by atoms with Gasteiger partial charge >= 0.3 is 0 Å². The molecule has 0 N–H and O–H groups in total. The van der Waals surface area contributed by atoms with E-state index in [-0.39, 0.29) is 5.54 Å². The van der Waals surface area contributed by atoms with Gasteiger partial charge in [0.05, 0.1) is 0 Å². The molecule has 1 nitrogen and oxygen atoms in total. The number of allylic oxidation sites excluding steroid dienone is 2.